The summed E-state index contributed by atoms with van der Waals surface area (Å²) in [7, 11) is 1.73. The Hall–Kier alpha value is -5.03. The van der Waals surface area contributed by atoms with Crippen LogP contribution in [0, 0.1) is 10.1 Å². The maximum Gasteiger partial charge on any atom is 0.336 e. The molecule has 0 aromatic heterocycles. The van der Waals surface area contributed by atoms with Gasteiger partial charge in [0, 0.05) is 63.9 Å². The van der Waals surface area contributed by atoms with E-state index < -0.39 is 41.3 Å². The van der Waals surface area contributed by atoms with Crippen LogP contribution in [-0.2, 0) is 14.4 Å². The Labute approximate surface area is 326 Å². The van der Waals surface area contributed by atoms with Gasteiger partial charge in [0.1, 0.15) is 0 Å². The van der Waals surface area contributed by atoms with Gasteiger partial charge in [0.15, 0.2) is 5.60 Å². The number of rotatable bonds is 14. The molecule has 3 aromatic carbocycles. The molecule has 0 saturated carbocycles. The number of amides is 3. The number of nitrogens with one attached hydrogen (secondary N) is 1. The van der Waals surface area contributed by atoms with E-state index in [1.165, 1.54) is 12.1 Å². The van der Waals surface area contributed by atoms with Crippen LogP contribution in [0.25, 0.3) is 10.8 Å². The first-order valence-corrected chi connectivity index (χ1v) is 18.3. The van der Waals surface area contributed by atoms with Crippen molar-refractivity contribution in [1.29, 1.82) is 0 Å². The number of carboxylic acid groups (broad SMARTS) is 3. The normalized spacial score (nSPS) is 15.7. The summed E-state index contributed by atoms with van der Waals surface area (Å²) in [5, 5.41) is 50.6. The molecule has 5 N–H and O–H groups in total. The van der Waals surface area contributed by atoms with Crippen molar-refractivity contribution in [3.05, 3.63) is 85.9 Å². The molecule has 2 aliphatic rings. The average Bonchev–Trinajstić information content (AvgIpc) is 3.13. The van der Waals surface area contributed by atoms with Crippen LogP contribution in [0.2, 0.25) is 10.0 Å². The molecular formula is C37H43Cl2N5O11. The number of piperidine rings is 1. The lowest BCUT2D eigenvalue weighted by molar-refractivity contribution is -0.384. The molecule has 0 aliphatic carbocycles. The van der Waals surface area contributed by atoms with Gasteiger partial charge in [-0.2, -0.15) is 0 Å². The Morgan fingerprint density at radius 1 is 0.982 bits per heavy atom. The molecule has 0 bridgehead atoms. The minimum Gasteiger partial charge on any atom is -0.481 e. The van der Waals surface area contributed by atoms with Gasteiger partial charge in [0.2, 0.25) is 0 Å². The van der Waals surface area contributed by atoms with Crippen molar-refractivity contribution in [2.24, 2.45) is 0 Å². The first kappa shape index (κ1) is 42.7. The van der Waals surface area contributed by atoms with E-state index in [0.29, 0.717) is 32.9 Å². The summed E-state index contributed by atoms with van der Waals surface area (Å²) in [5.41, 5.74) is -1.57. The van der Waals surface area contributed by atoms with Gasteiger partial charge in [-0.3, -0.25) is 24.5 Å². The van der Waals surface area contributed by atoms with Crippen molar-refractivity contribution in [1.82, 2.24) is 20.0 Å². The Balaban J connectivity index is 0.000000444. The fraction of sp³-hybridized carbons (Fsp3) is 0.432. The molecule has 3 aromatic rings. The van der Waals surface area contributed by atoms with Crippen molar-refractivity contribution in [3.8, 4) is 0 Å². The largest absolute Gasteiger partial charge is 0.481 e. The number of aliphatic carboxylic acids is 3. The number of carbonyl (C=O) groups is 5. The number of nitrogens with zero attached hydrogens (tertiary/aromatic N) is 4. The topological polar surface area (TPSA) is 231 Å². The maximum absolute atomic E-state index is 13.7. The molecule has 1 atom stereocenters. The summed E-state index contributed by atoms with van der Waals surface area (Å²) in [5.74, 6) is -5.33. The number of halogens is 2. The van der Waals surface area contributed by atoms with Gasteiger partial charge in [-0.25, -0.2) is 9.59 Å². The monoisotopic (exact) mass is 803 g/mol. The lowest BCUT2D eigenvalue weighted by Crippen LogP contribution is -2.54. The summed E-state index contributed by atoms with van der Waals surface area (Å²) in [6.07, 6.45) is 1.34. The van der Waals surface area contributed by atoms with Crippen LogP contribution in [0.4, 0.5) is 10.5 Å². The SMILES string of the molecule is CN(C[C@@H](CCN1CCC(N2CCCNC2=O)CC1)c1ccc(Cl)c(Cl)c1)C(=O)c1cc([N+](=O)[O-])cc2ccccc12.O=C(O)CC(O)(CC(=O)O)C(=O)O. The fourth-order valence-electron chi connectivity index (χ4n) is 6.83. The third-order valence-electron chi connectivity index (χ3n) is 9.73. The number of benzene rings is 3. The summed E-state index contributed by atoms with van der Waals surface area (Å²) >= 11 is 12.6. The Bertz CT molecular complexity index is 1910. The van der Waals surface area contributed by atoms with Gasteiger partial charge in [-0.1, -0.05) is 53.5 Å². The van der Waals surface area contributed by atoms with Gasteiger partial charge in [0.25, 0.3) is 11.6 Å². The average molecular weight is 805 g/mol. The van der Waals surface area contributed by atoms with Crippen LogP contribution in [0.5, 0.6) is 0 Å². The number of nitro benzene ring substituents is 1. The van der Waals surface area contributed by atoms with Crippen LogP contribution in [0.1, 0.15) is 60.4 Å². The summed E-state index contributed by atoms with van der Waals surface area (Å²) < 4.78 is 0. The van der Waals surface area contributed by atoms with Crippen LogP contribution >= 0.6 is 23.2 Å². The highest BCUT2D eigenvalue weighted by molar-refractivity contribution is 6.42. The first-order valence-electron chi connectivity index (χ1n) is 17.5. The Morgan fingerprint density at radius 3 is 2.22 bits per heavy atom. The molecule has 18 heteroatoms. The van der Waals surface area contributed by atoms with Crippen LogP contribution < -0.4 is 5.32 Å². The summed E-state index contributed by atoms with van der Waals surface area (Å²) in [4.78, 5) is 73.7. The van der Waals surface area contributed by atoms with E-state index in [0.717, 1.165) is 64.0 Å². The molecular weight excluding hydrogens is 761 g/mol. The molecule has 2 heterocycles. The van der Waals surface area contributed by atoms with Crippen LogP contribution in [0.3, 0.4) is 0 Å². The predicted octanol–water partition coefficient (Wildman–Crippen LogP) is 4.93. The van der Waals surface area contributed by atoms with Crippen molar-refractivity contribution in [2.45, 2.75) is 56.1 Å². The van der Waals surface area contributed by atoms with Crippen LogP contribution in [0.15, 0.2) is 54.6 Å². The molecule has 0 spiro atoms. The molecule has 55 heavy (non-hydrogen) atoms. The van der Waals surface area contributed by atoms with E-state index in [9.17, 15) is 34.1 Å². The van der Waals surface area contributed by atoms with E-state index in [1.54, 1.807) is 30.1 Å². The Kier molecular flexibility index (Phi) is 14.8. The summed E-state index contributed by atoms with van der Waals surface area (Å²) in [6.45, 7) is 4.59. The van der Waals surface area contributed by atoms with E-state index in [4.69, 9.17) is 43.6 Å². The number of urea groups is 1. The number of nitro groups is 1. The van der Waals surface area contributed by atoms with Crippen LogP contribution in [-0.4, -0.2) is 128 Å². The quantitative estimate of drug-likeness (QED) is 0.108. The molecule has 0 radical (unpaired) electrons. The smallest absolute Gasteiger partial charge is 0.336 e. The molecule has 0 unspecified atom stereocenters. The molecule has 5 rings (SSSR count). The number of likely N-dealkylation sites (tertiary alicyclic amines) is 1. The van der Waals surface area contributed by atoms with E-state index in [-0.39, 0.29) is 29.6 Å². The fourth-order valence-corrected chi connectivity index (χ4v) is 7.14. The summed E-state index contributed by atoms with van der Waals surface area (Å²) in [6, 6.07) is 16.0. The van der Waals surface area contributed by atoms with E-state index in [1.807, 2.05) is 29.2 Å². The number of likely N-dealkylation sites (N-methyl/N-ethyl adjacent to an activating group) is 1. The second-order valence-electron chi connectivity index (χ2n) is 13.6. The third-order valence-corrected chi connectivity index (χ3v) is 10.5. The number of non-ortho nitro benzene ring substituents is 1. The standard InChI is InChI=1S/C31H35Cl2N5O4.C6H8O7/c1-35(30(39)27-19-25(38(41)42)17-22-5-2-3-6-26(22)27)20-23(21-7-8-28(32)29(33)18-21)9-14-36-15-10-24(11-16-36)37-13-4-12-34-31(37)40;7-3(8)1-6(13,5(11)12)2-4(9)10/h2-3,5-8,17-19,23-24H,4,9-16,20H2,1H3,(H,34,40);13H,1-2H2,(H,7,8)(H,9,10)(H,11,12)/t23-;/m1./s1. The predicted molar refractivity (Wildman–Crippen MR) is 203 cm³/mol. The zero-order chi connectivity index (χ0) is 40.4. The van der Waals surface area contributed by atoms with Gasteiger partial charge >= 0.3 is 23.9 Å². The highest BCUT2D eigenvalue weighted by atomic mass is 35.5. The third kappa shape index (κ3) is 11.5. The van der Waals surface area contributed by atoms with Crippen molar-refractivity contribution in [3.63, 3.8) is 0 Å². The first-order chi connectivity index (χ1) is 26.0. The lowest BCUT2D eigenvalue weighted by atomic mass is 9.93. The second-order valence-corrected chi connectivity index (χ2v) is 14.5. The van der Waals surface area contributed by atoms with Gasteiger partial charge in [0.05, 0.1) is 33.4 Å². The zero-order valence-electron chi connectivity index (χ0n) is 30.0. The van der Waals surface area contributed by atoms with Gasteiger partial charge in [-0.05, 0) is 60.7 Å². The second kappa shape index (κ2) is 19.0. The molecule has 2 saturated heterocycles. The molecule has 2 aliphatic heterocycles. The van der Waals surface area contributed by atoms with E-state index >= 15 is 0 Å². The maximum atomic E-state index is 13.7. The minimum absolute atomic E-state index is 0.0377. The van der Waals surface area contributed by atoms with Gasteiger partial charge < -0.3 is 40.4 Å². The van der Waals surface area contributed by atoms with E-state index in [2.05, 4.69) is 10.2 Å². The van der Waals surface area contributed by atoms with Gasteiger partial charge in [-0.15, -0.1) is 0 Å². The molecule has 16 nitrogen and oxygen atoms in total. The molecule has 296 valence electrons. The number of carbonyl (C=O) groups excluding carboxylic acids is 2. The molecule has 3 amide bonds. The number of hydrogen-bond acceptors (Lipinski definition) is 9. The minimum atomic E-state index is -2.74. The highest BCUT2D eigenvalue weighted by Gasteiger charge is 2.41. The molecule has 2 fully saturated rings. The Morgan fingerprint density at radius 2 is 1.64 bits per heavy atom. The number of carboxylic acids is 3. The van der Waals surface area contributed by atoms with Crippen molar-refractivity contribution >= 4 is 69.5 Å². The highest BCUT2D eigenvalue weighted by Crippen LogP contribution is 2.31. The lowest BCUT2D eigenvalue weighted by Gasteiger charge is -2.40. The van der Waals surface area contributed by atoms with Crippen molar-refractivity contribution < 1.29 is 49.3 Å². The number of fused-ring (bicyclic) bond motifs is 1. The zero-order valence-corrected chi connectivity index (χ0v) is 31.5. The number of aliphatic hydroxyl groups is 1. The number of hydrogen-bond donors (Lipinski definition) is 5. The van der Waals surface area contributed by atoms with Crippen molar-refractivity contribution in [2.75, 3.05) is 46.3 Å².